The minimum Gasteiger partial charge on any atom is -0.480 e. The second-order valence-electron chi connectivity index (χ2n) is 3.06. The lowest BCUT2D eigenvalue weighted by atomic mass is 10.1. The summed E-state index contributed by atoms with van der Waals surface area (Å²) in [6, 6.07) is 10.4. The number of methoxy groups -OCH3 is 2. The van der Waals surface area contributed by atoms with Crippen molar-refractivity contribution in [3.8, 4) is 22.9 Å². The fourth-order valence-electron chi connectivity index (χ4n) is 1.46. The minimum absolute atomic E-state index is 0.498. The van der Waals surface area contributed by atoms with Gasteiger partial charge < -0.3 is 9.47 Å². The number of benzene rings is 1. The molecule has 0 spiro atoms. The highest BCUT2D eigenvalue weighted by Gasteiger charge is 2.14. The quantitative estimate of drug-likeness (QED) is 0.785. The van der Waals surface area contributed by atoms with E-state index in [1.54, 1.807) is 14.2 Å². The van der Waals surface area contributed by atoms with Crippen molar-refractivity contribution in [1.29, 1.82) is 0 Å². The first-order valence-electron chi connectivity index (χ1n) is 4.76. The third kappa shape index (κ3) is 1.82. The van der Waals surface area contributed by atoms with Crippen molar-refractivity contribution in [2.24, 2.45) is 0 Å². The van der Waals surface area contributed by atoms with E-state index >= 15 is 0 Å². The highest BCUT2D eigenvalue weighted by atomic mass is 16.5. The van der Waals surface area contributed by atoms with Gasteiger partial charge in [0.15, 0.2) is 0 Å². The predicted octanol–water partition coefficient (Wildman–Crippen LogP) is 1.96. The SMILES string of the molecule is COc1ncnc(OC)c1-c1cc[c]cc1. The highest BCUT2D eigenvalue weighted by molar-refractivity contribution is 5.73. The van der Waals surface area contributed by atoms with Crippen LogP contribution in [0.15, 0.2) is 30.6 Å². The van der Waals surface area contributed by atoms with Gasteiger partial charge in [-0.15, -0.1) is 0 Å². The summed E-state index contributed by atoms with van der Waals surface area (Å²) in [7, 11) is 3.14. The molecule has 0 aliphatic heterocycles. The third-order valence-electron chi connectivity index (χ3n) is 2.17. The molecule has 81 valence electrons. The summed E-state index contributed by atoms with van der Waals surface area (Å²) < 4.78 is 10.4. The predicted molar refractivity (Wildman–Crippen MR) is 59.4 cm³/mol. The normalized spacial score (nSPS) is 9.88. The number of ether oxygens (including phenoxy) is 2. The Bertz CT molecular complexity index is 449. The van der Waals surface area contributed by atoms with E-state index in [2.05, 4.69) is 16.0 Å². The molecule has 0 N–H and O–H groups in total. The maximum absolute atomic E-state index is 5.20. The van der Waals surface area contributed by atoms with Gasteiger partial charge in [-0.25, -0.2) is 9.97 Å². The summed E-state index contributed by atoms with van der Waals surface area (Å²) in [5.74, 6) is 0.996. The Kier molecular flexibility index (Phi) is 3.00. The molecule has 4 heteroatoms. The Morgan fingerprint density at radius 2 is 1.56 bits per heavy atom. The Morgan fingerprint density at radius 3 is 2.06 bits per heavy atom. The van der Waals surface area contributed by atoms with Gasteiger partial charge in [-0.1, -0.05) is 24.3 Å². The van der Waals surface area contributed by atoms with Gasteiger partial charge in [0.05, 0.1) is 14.2 Å². The molecule has 1 aromatic carbocycles. The average molecular weight is 215 g/mol. The van der Waals surface area contributed by atoms with Crippen LogP contribution in [0.5, 0.6) is 11.8 Å². The molecule has 0 aliphatic rings. The molecular formula is C12H11N2O2. The van der Waals surface area contributed by atoms with Crippen molar-refractivity contribution in [3.05, 3.63) is 36.7 Å². The maximum Gasteiger partial charge on any atom is 0.228 e. The van der Waals surface area contributed by atoms with Crippen LogP contribution in [0.1, 0.15) is 0 Å². The molecule has 16 heavy (non-hydrogen) atoms. The first-order chi connectivity index (χ1) is 7.86. The topological polar surface area (TPSA) is 44.2 Å². The Hall–Kier alpha value is -2.10. The second kappa shape index (κ2) is 4.61. The van der Waals surface area contributed by atoms with E-state index in [1.807, 2.05) is 24.3 Å². The summed E-state index contributed by atoms with van der Waals surface area (Å²) in [4.78, 5) is 8.12. The molecule has 0 aliphatic carbocycles. The smallest absolute Gasteiger partial charge is 0.228 e. The second-order valence-corrected chi connectivity index (χ2v) is 3.06. The van der Waals surface area contributed by atoms with Crippen LogP contribution >= 0.6 is 0 Å². The Labute approximate surface area is 93.9 Å². The first kappa shape index (κ1) is 10.4. The lowest BCUT2D eigenvalue weighted by molar-refractivity contribution is 0.375. The number of aromatic nitrogens is 2. The van der Waals surface area contributed by atoms with Crippen LogP contribution in [0, 0.1) is 6.07 Å². The van der Waals surface area contributed by atoms with Gasteiger partial charge in [-0.2, -0.15) is 0 Å². The van der Waals surface area contributed by atoms with Crippen LogP contribution < -0.4 is 9.47 Å². The molecule has 0 unspecified atom stereocenters. The molecule has 0 fully saturated rings. The summed E-state index contributed by atoms with van der Waals surface area (Å²) in [5, 5.41) is 0. The van der Waals surface area contributed by atoms with E-state index in [0.29, 0.717) is 11.8 Å². The Morgan fingerprint density at radius 1 is 1.00 bits per heavy atom. The monoisotopic (exact) mass is 215 g/mol. The summed E-state index contributed by atoms with van der Waals surface area (Å²) >= 11 is 0. The lowest BCUT2D eigenvalue weighted by Gasteiger charge is -2.10. The largest absolute Gasteiger partial charge is 0.480 e. The van der Waals surface area contributed by atoms with E-state index in [9.17, 15) is 0 Å². The van der Waals surface area contributed by atoms with Crippen molar-refractivity contribution < 1.29 is 9.47 Å². The number of hydrogen-bond acceptors (Lipinski definition) is 4. The maximum atomic E-state index is 5.20. The average Bonchev–Trinajstić information content (AvgIpc) is 2.38. The van der Waals surface area contributed by atoms with Crippen LogP contribution in [0.4, 0.5) is 0 Å². The summed E-state index contributed by atoms with van der Waals surface area (Å²) in [5.41, 5.74) is 1.69. The van der Waals surface area contributed by atoms with E-state index < -0.39 is 0 Å². The molecule has 2 rings (SSSR count). The molecule has 0 amide bonds. The summed E-state index contributed by atoms with van der Waals surface area (Å²) in [6.07, 6.45) is 1.41. The van der Waals surface area contributed by atoms with Crippen molar-refractivity contribution >= 4 is 0 Å². The molecule has 1 radical (unpaired) electrons. The molecule has 0 saturated heterocycles. The van der Waals surface area contributed by atoms with Gasteiger partial charge in [0.25, 0.3) is 0 Å². The van der Waals surface area contributed by atoms with E-state index in [4.69, 9.17) is 9.47 Å². The lowest BCUT2D eigenvalue weighted by Crippen LogP contribution is -1.97. The molecular weight excluding hydrogens is 204 g/mol. The zero-order valence-electron chi connectivity index (χ0n) is 9.10. The van der Waals surface area contributed by atoms with Gasteiger partial charge in [0.2, 0.25) is 11.8 Å². The van der Waals surface area contributed by atoms with Crippen LogP contribution in [-0.2, 0) is 0 Å². The molecule has 2 aromatic rings. The van der Waals surface area contributed by atoms with Crippen molar-refractivity contribution in [1.82, 2.24) is 9.97 Å². The zero-order valence-corrected chi connectivity index (χ0v) is 9.10. The van der Waals surface area contributed by atoms with Gasteiger partial charge in [-0.3, -0.25) is 0 Å². The molecule has 4 nitrogen and oxygen atoms in total. The molecule has 0 bridgehead atoms. The van der Waals surface area contributed by atoms with Crippen LogP contribution in [0.25, 0.3) is 11.1 Å². The minimum atomic E-state index is 0.498. The van der Waals surface area contributed by atoms with E-state index in [-0.39, 0.29) is 0 Å². The van der Waals surface area contributed by atoms with Gasteiger partial charge in [-0.05, 0) is 11.6 Å². The van der Waals surface area contributed by atoms with E-state index in [1.165, 1.54) is 6.33 Å². The van der Waals surface area contributed by atoms with Crippen LogP contribution in [-0.4, -0.2) is 24.2 Å². The summed E-state index contributed by atoms with van der Waals surface area (Å²) in [6.45, 7) is 0. The van der Waals surface area contributed by atoms with Crippen LogP contribution in [0.3, 0.4) is 0 Å². The number of rotatable bonds is 3. The van der Waals surface area contributed by atoms with E-state index in [0.717, 1.165) is 11.1 Å². The molecule has 0 saturated carbocycles. The zero-order chi connectivity index (χ0) is 11.4. The molecule has 0 atom stereocenters. The van der Waals surface area contributed by atoms with Gasteiger partial charge in [0, 0.05) is 0 Å². The highest BCUT2D eigenvalue weighted by Crippen LogP contribution is 2.34. The third-order valence-corrected chi connectivity index (χ3v) is 2.17. The van der Waals surface area contributed by atoms with Crippen molar-refractivity contribution in [2.45, 2.75) is 0 Å². The van der Waals surface area contributed by atoms with Crippen molar-refractivity contribution in [3.63, 3.8) is 0 Å². The molecule has 1 heterocycles. The van der Waals surface area contributed by atoms with Gasteiger partial charge >= 0.3 is 0 Å². The number of hydrogen-bond donors (Lipinski definition) is 0. The van der Waals surface area contributed by atoms with Gasteiger partial charge in [0.1, 0.15) is 11.9 Å². The fraction of sp³-hybridized carbons (Fsp3) is 0.167. The molecule has 1 aromatic heterocycles. The fourth-order valence-corrected chi connectivity index (χ4v) is 1.46. The first-order valence-corrected chi connectivity index (χ1v) is 4.76. The Balaban J connectivity index is 2.62. The number of nitrogens with zero attached hydrogens (tertiary/aromatic N) is 2. The standard InChI is InChI=1S/C12H11N2O2/c1-15-11-10(9-6-4-3-5-7-9)12(16-2)14-8-13-11/h4-8H,1-2H3. The van der Waals surface area contributed by atoms with Crippen LogP contribution in [0.2, 0.25) is 0 Å². The van der Waals surface area contributed by atoms with Crippen molar-refractivity contribution in [2.75, 3.05) is 14.2 Å².